The van der Waals surface area contributed by atoms with E-state index < -0.39 is 32.7 Å². The van der Waals surface area contributed by atoms with E-state index in [2.05, 4.69) is 5.32 Å². The van der Waals surface area contributed by atoms with Crippen LogP contribution in [0.1, 0.15) is 64.9 Å². The number of aryl methyl sites for hydroxylation is 1. The quantitative estimate of drug-likeness (QED) is 0.0594. The van der Waals surface area contributed by atoms with Crippen LogP contribution in [0.2, 0.25) is 0 Å². The van der Waals surface area contributed by atoms with Gasteiger partial charge >= 0.3 is 16.1 Å². The molecule has 0 aliphatic rings. The third kappa shape index (κ3) is 13.7. The fourth-order valence-corrected chi connectivity index (χ4v) is 10.6. The number of hydrogen-bond acceptors (Lipinski definition) is 9. The van der Waals surface area contributed by atoms with Crippen LogP contribution in [-0.2, 0) is 32.8 Å². The Morgan fingerprint density at radius 3 is 2.10 bits per heavy atom. The molecule has 270 valence electrons. The molecule has 0 spiro atoms. The summed E-state index contributed by atoms with van der Waals surface area (Å²) in [5.74, 6) is 1.56. The van der Waals surface area contributed by atoms with Gasteiger partial charge in [-0.2, -0.15) is 8.42 Å². The maximum Gasteiger partial charge on any atom is 0.376 e. The molecule has 0 aliphatic carbocycles. The fraction of sp³-hybridized carbons (Fsp3) is 0.459. The van der Waals surface area contributed by atoms with Crippen LogP contribution in [0.15, 0.2) is 83.8 Å². The van der Waals surface area contributed by atoms with Crippen molar-refractivity contribution < 1.29 is 40.6 Å². The Morgan fingerprint density at radius 1 is 0.755 bits per heavy atom. The molecule has 1 atom stereocenters. The molecule has 0 bridgehead atoms. The Labute approximate surface area is 293 Å². The Balaban J connectivity index is 1.54. The van der Waals surface area contributed by atoms with E-state index in [9.17, 15) is 18.0 Å². The largest absolute Gasteiger partial charge is 0.491 e. The number of carbonyl (C=O) groups is 2. The lowest BCUT2D eigenvalue weighted by atomic mass is 10.2. The van der Waals surface area contributed by atoms with Gasteiger partial charge in [0.1, 0.15) is 11.5 Å². The van der Waals surface area contributed by atoms with Gasteiger partial charge in [0.05, 0.1) is 30.4 Å². The summed E-state index contributed by atoms with van der Waals surface area (Å²) < 4.78 is 55.3. The van der Waals surface area contributed by atoms with Crippen molar-refractivity contribution in [3.63, 3.8) is 0 Å². The van der Waals surface area contributed by atoms with Gasteiger partial charge in [-0.05, 0) is 62.6 Å². The van der Waals surface area contributed by atoms with Crippen LogP contribution in [0.4, 0.5) is 5.69 Å². The first kappa shape index (κ1) is 39.9. The van der Waals surface area contributed by atoms with Crippen LogP contribution >= 0.6 is 10.3 Å². The fourth-order valence-electron chi connectivity index (χ4n) is 4.86. The molecule has 0 saturated heterocycles. The molecule has 0 saturated carbocycles. The summed E-state index contributed by atoms with van der Waals surface area (Å²) in [5, 5.41) is 2.92. The molecule has 12 heteroatoms. The minimum absolute atomic E-state index is 0.0877. The third-order valence-corrected chi connectivity index (χ3v) is 13.3. The van der Waals surface area contributed by atoms with E-state index in [1.165, 1.54) is 0 Å². The van der Waals surface area contributed by atoms with E-state index in [1.54, 1.807) is 60.7 Å². The second-order valence-corrected chi connectivity index (χ2v) is 16.6. The van der Waals surface area contributed by atoms with E-state index in [0.717, 1.165) is 31.2 Å². The Bertz CT molecular complexity index is 1530. The molecule has 0 aliphatic heterocycles. The van der Waals surface area contributed by atoms with E-state index in [-0.39, 0.29) is 30.4 Å². The number of nitrogens with one attached hydrogen (secondary N) is 1. The Kier molecular flexibility index (Phi) is 16.9. The molecule has 1 N–H and O–H groups in total. The molecule has 10 nitrogen and oxygen atoms in total. The summed E-state index contributed by atoms with van der Waals surface area (Å²) in [5.41, 5.74) is 1.44. The SMILES string of the molecule is CCCCOC(Oc1ccccc1)C(=O)OCCCOc1ccccc1NC(=O)CCS(CCC)(CCC)OS(=O)(=O)c1ccc(C)cc1. The third-order valence-electron chi connectivity index (χ3n) is 7.29. The van der Waals surface area contributed by atoms with Gasteiger partial charge in [-0.25, -0.2) is 8.42 Å². The van der Waals surface area contributed by atoms with Gasteiger partial charge in [-0.15, -0.1) is 10.3 Å². The molecule has 0 heterocycles. The summed E-state index contributed by atoms with van der Waals surface area (Å²) in [7, 11) is -6.11. The molecular formula is C37H51NO9S2. The predicted octanol–water partition coefficient (Wildman–Crippen LogP) is 7.80. The summed E-state index contributed by atoms with van der Waals surface area (Å²) in [6.45, 7) is 8.59. The highest BCUT2D eigenvalue weighted by molar-refractivity contribution is 8.33. The summed E-state index contributed by atoms with van der Waals surface area (Å²) in [6, 6.07) is 22.6. The van der Waals surface area contributed by atoms with Crippen molar-refractivity contribution in [2.45, 2.75) is 77.4 Å². The van der Waals surface area contributed by atoms with E-state index in [0.29, 0.717) is 47.5 Å². The van der Waals surface area contributed by atoms with Crippen LogP contribution in [0.25, 0.3) is 0 Å². The van der Waals surface area contributed by atoms with Gasteiger partial charge in [-0.3, -0.25) is 4.79 Å². The van der Waals surface area contributed by atoms with Crippen molar-refractivity contribution in [1.82, 2.24) is 0 Å². The molecule has 49 heavy (non-hydrogen) atoms. The summed E-state index contributed by atoms with van der Waals surface area (Å²) >= 11 is 0. The predicted molar refractivity (Wildman–Crippen MR) is 195 cm³/mol. The molecule has 3 aromatic rings. The monoisotopic (exact) mass is 717 g/mol. The zero-order chi connectivity index (χ0) is 35.5. The lowest BCUT2D eigenvalue weighted by Gasteiger charge is -2.38. The number of hydrogen-bond donors (Lipinski definition) is 1. The lowest BCUT2D eigenvalue weighted by Crippen LogP contribution is -2.33. The van der Waals surface area contributed by atoms with Crippen LogP contribution in [-0.4, -0.2) is 63.7 Å². The second kappa shape index (κ2) is 20.8. The number of anilines is 1. The van der Waals surface area contributed by atoms with Crippen molar-refractivity contribution in [2.75, 3.05) is 42.4 Å². The van der Waals surface area contributed by atoms with E-state index in [4.69, 9.17) is 22.6 Å². The molecular weight excluding hydrogens is 667 g/mol. The summed E-state index contributed by atoms with van der Waals surface area (Å²) in [4.78, 5) is 26.0. The number of benzene rings is 3. The maximum atomic E-state index is 13.3. The van der Waals surface area contributed by atoms with Crippen molar-refractivity contribution in [3.05, 3.63) is 84.4 Å². The van der Waals surface area contributed by atoms with Crippen molar-refractivity contribution in [2.24, 2.45) is 0 Å². The second-order valence-electron chi connectivity index (χ2n) is 11.6. The standard InChI is InChI=1S/C37H51NO9S2/c1-5-8-24-45-37(46-31-15-10-9-11-16-31)36(40)44-26-14-25-43-34-18-13-12-17-33(34)38-35(39)23-29-48(27-6-2,28-7-3)47-49(41,42)32-21-19-30(4)20-22-32/h9-13,15-22,37H,5-8,14,23-29H2,1-4H3,(H,38,39). The topological polar surface area (TPSA) is 126 Å². The zero-order valence-electron chi connectivity index (χ0n) is 29.1. The number of ether oxygens (including phenoxy) is 4. The molecule has 1 amide bonds. The molecule has 3 aromatic carbocycles. The number of unbranched alkanes of at least 4 members (excludes halogenated alkanes) is 1. The first-order valence-corrected chi connectivity index (χ1v) is 20.4. The van der Waals surface area contributed by atoms with Gasteiger partial charge in [-0.1, -0.05) is 75.2 Å². The highest BCUT2D eigenvalue weighted by atomic mass is 32.3. The minimum Gasteiger partial charge on any atom is -0.491 e. The van der Waals surface area contributed by atoms with E-state index >= 15 is 0 Å². The highest BCUT2D eigenvalue weighted by Gasteiger charge is 2.32. The Hall–Kier alpha value is -3.58. The first-order chi connectivity index (χ1) is 23.6. The highest BCUT2D eigenvalue weighted by Crippen LogP contribution is 2.53. The normalized spacial score (nSPS) is 12.6. The number of rotatable bonds is 23. The first-order valence-electron chi connectivity index (χ1n) is 16.9. The van der Waals surface area contributed by atoms with Crippen LogP contribution < -0.4 is 14.8 Å². The number of carbonyl (C=O) groups excluding carboxylic acids is 2. The smallest absolute Gasteiger partial charge is 0.376 e. The van der Waals surface area contributed by atoms with Crippen molar-refractivity contribution in [3.8, 4) is 11.5 Å². The molecule has 1 unspecified atom stereocenters. The summed E-state index contributed by atoms with van der Waals surface area (Å²) in [6.07, 6.45) is 2.49. The molecule has 0 fully saturated rings. The van der Waals surface area contributed by atoms with Crippen molar-refractivity contribution >= 4 is 38.0 Å². The van der Waals surface area contributed by atoms with Crippen LogP contribution in [0.3, 0.4) is 0 Å². The number of esters is 1. The Morgan fingerprint density at radius 2 is 1.43 bits per heavy atom. The number of para-hydroxylation sites is 3. The minimum atomic E-state index is -4.00. The van der Waals surface area contributed by atoms with Gasteiger partial charge in [0.25, 0.3) is 6.29 Å². The van der Waals surface area contributed by atoms with Crippen molar-refractivity contribution in [1.29, 1.82) is 0 Å². The molecule has 3 rings (SSSR count). The number of amides is 1. The van der Waals surface area contributed by atoms with Crippen LogP contribution in [0, 0.1) is 6.92 Å². The lowest BCUT2D eigenvalue weighted by molar-refractivity contribution is -0.178. The van der Waals surface area contributed by atoms with Gasteiger partial charge in [0, 0.05) is 30.1 Å². The van der Waals surface area contributed by atoms with Gasteiger partial charge in [0.15, 0.2) is 0 Å². The van der Waals surface area contributed by atoms with Gasteiger partial charge in [0.2, 0.25) is 5.91 Å². The van der Waals surface area contributed by atoms with Crippen LogP contribution in [0.5, 0.6) is 11.5 Å². The molecule has 0 aromatic heterocycles. The average molecular weight is 718 g/mol. The van der Waals surface area contributed by atoms with Gasteiger partial charge < -0.3 is 24.3 Å². The maximum absolute atomic E-state index is 13.3. The van der Waals surface area contributed by atoms with E-state index in [1.807, 2.05) is 45.9 Å². The zero-order valence-corrected chi connectivity index (χ0v) is 30.7. The average Bonchev–Trinajstić information content (AvgIpc) is 3.08. The molecule has 0 radical (unpaired) electrons.